The Hall–Kier alpha value is -8.92. The maximum atomic E-state index is 16.7. The number of ketones is 2. The van der Waals surface area contributed by atoms with Gasteiger partial charge in [0.15, 0.2) is 35.5 Å². The highest BCUT2D eigenvalue weighted by molar-refractivity contribution is 6.02. The molecule has 518 valence electrons. The third kappa shape index (κ3) is 11.6. The second kappa shape index (κ2) is 25.5. The molecule has 3 saturated heterocycles. The predicted molar refractivity (Wildman–Crippen MR) is 339 cm³/mol. The lowest BCUT2D eigenvalue weighted by Gasteiger charge is -2.59. The van der Waals surface area contributed by atoms with Crippen LogP contribution in [0.1, 0.15) is 137 Å². The van der Waals surface area contributed by atoms with Crippen molar-refractivity contribution in [2.45, 2.75) is 140 Å². The molecule has 2 aromatic carbocycles. The summed E-state index contributed by atoms with van der Waals surface area (Å²) in [7, 11) is 2.66. The van der Waals surface area contributed by atoms with E-state index in [2.05, 4.69) is 0 Å². The molecule has 97 heavy (non-hydrogen) atoms. The molecule has 1 unspecified atom stereocenters. The average Bonchev–Trinajstić information content (AvgIpc) is 1.35. The van der Waals surface area contributed by atoms with Crippen LogP contribution in [0.3, 0.4) is 0 Å². The van der Waals surface area contributed by atoms with Gasteiger partial charge in [-0.3, -0.25) is 28.8 Å². The molecule has 13 rings (SSSR count). The number of nitrogens with zero attached hydrogens (tertiary/aromatic N) is 6. The number of piperazine rings is 1. The van der Waals surface area contributed by atoms with Crippen molar-refractivity contribution in [3.63, 3.8) is 0 Å². The Morgan fingerprint density at radius 3 is 1.91 bits per heavy atom. The molecule has 28 heteroatoms. The summed E-state index contributed by atoms with van der Waals surface area (Å²) in [5.74, 6) is -7.26. The van der Waals surface area contributed by atoms with Gasteiger partial charge in [0.2, 0.25) is 30.2 Å². The number of amides is 2. The van der Waals surface area contributed by atoms with Crippen molar-refractivity contribution in [2.24, 2.45) is 34.5 Å². The van der Waals surface area contributed by atoms with Gasteiger partial charge >= 0.3 is 36.1 Å². The van der Waals surface area contributed by atoms with Gasteiger partial charge < -0.3 is 77.2 Å². The summed E-state index contributed by atoms with van der Waals surface area (Å²) in [6.45, 7) is 3.90. The van der Waals surface area contributed by atoms with Crippen molar-refractivity contribution < 1.29 is 95.6 Å². The minimum Gasteiger partial charge on any atom is -0.492 e. The maximum Gasteiger partial charge on any atom is 0.413 e. The molecule has 2 amide bonds. The largest absolute Gasteiger partial charge is 0.492 e. The molecule has 0 bridgehead atoms. The highest BCUT2D eigenvalue weighted by atomic mass is 19.1. The lowest BCUT2D eigenvalue weighted by Crippen LogP contribution is -2.61. The topological polar surface area (TPSA) is 319 Å². The third-order valence-electron chi connectivity index (χ3n) is 22.4. The first-order valence-corrected chi connectivity index (χ1v) is 33.2. The third-order valence-corrected chi connectivity index (χ3v) is 22.4. The Kier molecular flexibility index (Phi) is 17.5. The highest BCUT2D eigenvalue weighted by Crippen LogP contribution is 2.67. The van der Waals surface area contributed by atoms with Gasteiger partial charge in [-0.1, -0.05) is 25.5 Å². The Morgan fingerprint density at radius 2 is 1.29 bits per heavy atom. The fourth-order valence-electron chi connectivity index (χ4n) is 17.4. The zero-order valence-electron chi connectivity index (χ0n) is 54.5. The van der Waals surface area contributed by atoms with Crippen LogP contribution in [0.2, 0.25) is 0 Å². The molecule has 0 radical (unpaired) electrons. The van der Waals surface area contributed by atoms with Gasteiger partial charge in [-0.15, -0.1) is 0 Å². The number of aliphatic hydroxyl groups is 2. The molecule has 8 fully saturated rings. The van der Waals surface area contributed by atoms with E-state index >= 15 is 8.78 Å². The number of anilines is 2. The average molecular weight is 1350 g/mol. The summed E-state index contributed by atoms with van der Waals surface area (Å²) < 4.78 is 74.4. The van der Waals surface area contributed by atoms with E-state index in [1.54, 1.807) is 38.0 Å². The van der Waals surface area contributed by atoms with Crippen LogP contribution in [0.25, 0.3) is 21.8 Å². The number of hydrogen-bond donors (Lipinski definition) is 3. The minimum atomic E-state index is -1.88. The van der Waals surface area contributed by atoms with Crippen molar-refractivity contribution >= 4 is 80.8 Å². The van der Waals surface area contributed by atoms with E-state index in [9.17, 15) is 63.3 Å². The number of hydrogen-bond acceptors (Lipinski definition) is 21. The number of halogens is 2. The lowest BCUT2D eigenvalue weighted by molar-refractivity contribution is -0.181. The molecule has 5 saturated carbocycles. The van der Waals surface area contributed by atoms with E-state index in [0.717, 1.165) is 30.5 Å². The number of allylic oxidation sites excluding steroid dienone is 4. The number of methoxy groups -OCH3 is 2. The van der Waals surface area contributed by atoms with E-state index in [1.807, 2.05) is 19.9 Å². The van der Waals surface area contributed by atoms with E-state index in [-0.39, 0.29) is 132 Å². The van der Waals surface area contributed by atoms with Crippen LogP contribution in [0, 0.1) is 46.1 Å². The van der Waals surface area contributed by atoms with Crippen LogP contribution in [0.4, 0.5) is 29.7 Å². The molecule has 26 nitrogen and oxygen atoms in total. The number of fused-ring (bicyclic) bond motifs is 8. The first-order chi connectivity index (χ1) is 46.3. The lowest BCUT2D eigenvalue weighted by atomic mass is 9.46. The number of carboxylic acids is 1. The van der Waals surface area contributed by atoms with Crippen LogP contribution in [-0.4, -0.2) is 179 Å². The van der Waals surface area contributed by atoms with Gasteiger partial charge in [0, 0.05) is 86.5 Å². The van der Waals surface area contributed by atoms with Crippen molar-refractivity contribution in [3.05, 3.63) is 91.5 Å². The monoisotopic (exact) mass is 1350 g/mol. The van der Waals surface area contributed by atoms with Gasteiger partial charge in [-0.2, -0.15) is 0 Å². The van der Waals surface area contributed by atoms with Crippen molar-refractivity contribution in [2.75, 3.05) is 83.5 Å². The number of carbonyl (C=O) groups is 8. The summed E-state index contributed by atoms with van der Waals surface area (Å²) in [5, 5.41) is 33.2. The number of piperidine rings is 1. The molecular formula is C69H78F2N6O20. The number of pyridine rings is 2. The molecule has 0 spiro atoms. The van der Waals surface area contributed by atoms with Gasteiger partial charge in [0.05, 0.1) is 61.0 Å². The molecule has 3 N–H and O–H groups in total. The number of esters is 3. The predicted octanol–water partition coefficient (Wildman–Crippen LogP) is 6.88. The number of aromatic nitrogens is 2. The number of benzene rings is 2. The van der Waals surface area contributed by atoms with Crippen LogP contribution in [0.15, 0.2) is 57.9 Å². The maximum absolute atomic E-state index is 16.7. The van der Waals surface area contributed by atoms with E-state index in [1.165, 1.54) is 36.4 Å². The number of aliphatic hydroxyl groups excluding tert-OH is 1. The number of carbonyl (C=O) groups excluding carboxylic acids is 7. The van der Waals surface area contributed by atoms with Gasteiger partial charge in [-0.05, 0) is 120 Å². The van der Waals surface area contributed by atoms with Crippen molar-refractivity contribution in [3.8, 4) is 11.5 Å². The molecule has 2 aromatic heterocycles. The second-order valence-electron chi connectivity index (χ2n) is 27.9. The molecular weight excluding hydrogens is 1270 g/mol. The zero-order valence-corrected chi connectivity index (χ0v) is 54.5. The zero-order chi connectivity index (χ0) is 68.9. The summed E-state index contributed by atoms with van der Waals surface area (Å²) in [4.78, 5) is 138. The quantitative estimate of drug-likeness (QED) is 0.0519. The number of carboxylic acid groups (broad SMARTS) is 1. The van der Waals surface area contributed by atoms with Crippen LogP contribution in [0.5, 0.6) is 11.5 Å². The summed E-state index contributed by atoms with van der Waals surface area (Å²) >= 11 is 0. The number of likely N-dealkylation sites (tertiary alicyclic amines) is 1. The van der Waals surface area contributed by atoms with Crippen LogP contribution < -0.4 is 30.1 Å². The first-order valence-electron chi connectivity index (χ1n) is 33.2. The smallest absolute Gasteiger partial charge is 0.413 e. The molecule has 10 atom stereocenters. The fourth-order valence-corrected chi connectivity index (χ4v) is 17.4. The van der Waals surface area contributed by atoms with Crippen LogP contribution >= 0.6 is 0 Å². The van der Waals surface area contributed by atoms with Gasteiger partial charge in [0.25, 0.3) is 0 Å². The van der Waals surface area contributed by atoms with Gasteiger partial charge in [0.1, 0.15) is 28.1 Å². The summed E-state index contributed by atoms with van der Waals surface area (Å²) in [6.07, 6.45) is 10.3. The Bertz CT molecular complexity index is 4180. The number of aromatic carboxylic acids is 1. The van der Waals surface area contributed by atoms with Crippen LogP contribution in [-0.2, 0) is 42.9 Å². The first kappa shape index (κ1) is 66.7. The Balaban J connectivity index is 0.588. The molecule has 5 heterocycles. The highest BCUT2D eigenvalue weighted by Gasteiger charge is 2.68. The van der Waals surface area contributed by atoms with Crippen molar-refractivity contribution in [1.82, 2.24) is 18.9 Å². The molecule has 3 aliphatic heterocycles. The molecule has 6 aliphatic carbocycles. The SMILES string of the molecule is COc1c(N2C[C@@H]3CCCN(C(=O)OCOC(=O)c4cn(C5CC5)c5c(OC)c(N6CCN(C(=O)OCOC(=O)CCC(=O)OCC(=O)[C@@]7(O)CC[C@H]8[C@@H]9CCC%10=CC(=O)C=C[C@]%10(C)[C@H]9[C@@H](O)C[C@@]87C)C(C)C6)c(F)cc5c4=O)[C@@H]3C2)c(F)cc2c(=O)c(C(=O)O)cn(C3CC3)c12. The Labute approximate surface area is 554 Å². The molecule has 4 aromatic rings. The molecule has 9 aliphatic rings. The van der Waals surface area contributed by atoms with Gasteiger partial charge in [-0.25, -0.2) is 28.0 Å². The number of ether oxygens (including phenoxy) is 7. The summed E-state index contributed by atoms with van der Waals surface area (Å²) in [5.41, 5.74) is -4.55. The standard InChI is InChI=1S/C69H78F2N6O20/c1-35-27-72(21-22-74(35)65(88)96-33-94-53(82)15-14-52(81)93-32-51(80)69(90)19-17-46-41-13-8-37-23-40(78)16-18-67(37,2)54(41)50(79)26-68(46,69)3)57-47(70)25-43-56(61(57)91-4)77(39-11-12-39)30-45(60(43)84)64(87)95-34-97-66(89)75-20-6-7-36-28-73(31-49(36)75)58-48(71)24-42-55(62(58)92-5)76(38-9-10-38)29-44(59(42)83)63(85)86/h16,18,23-25,29-30,35-36,38-39,41,46,49-50,54,79,90H,6-15,17,19-22,26-28,31-34H2,1-5H3,(H,85,86)/t35?,36-,41-,46-,49+,50-,54+,67-,68-,69-/m0/s1. The number of rotatable bonds is 18. The normalized spacial score (nSPS) is 28.1. The fraction of sp³-hybridized carbons (Fsp3) is 0.565. The Morgan fingerprint density at radius 1 is 0.691 bits per heavy atom. The van der Waals surface area contributed by atoms with E-state index < -0.39 is 143 Å². The second-order valence-corrected chi connectivity index (χ2v) is 27.9. The van der Waals surface area contributed by atoms with E-state index in [4.69, 9.17) is 33.2 Å². The van der Waals surface area contributed by atoms with Crippen molar-refractivity contribution in [1.29, 1.82) is 0 Å². The minimum absolute atomic E-state index is 0.000699. The number of Topliss-reactive ketones (excluding diaryl/α,β-unsaturated/α-hetero) is 1. The van der Waals surface area contributed by atoms with E-state index in [0.29, 0.717) is 51.5 Å². The summed E-state index contributed by atoms with van der Waals surface area (Å²) in [6, 6.07) is 0.622.